The summed E-state index contributed by atoms with van der Waals surface area (Å²) in [6, 6.07) is 8.79. The van der Waals surface area contributed by atoms with E-state index in [4.69, 9.17) is 4.42 Å². The first-order chi connectivity index (χ1) is 10.6. The first-order valence-corrected chi connectivity index (χ1v) is 7.75. The third-order valence-electron chi connectivity index (χ3n) is 4.38. The molecule has 3 rings (SSSR count). The zero-order valence-electron chi connectivity index (χ0n) is 13.1. The Labute approximate surface area is 130 Å². The summed E-state index contributed by atoms with van der Waals surface area (Å²) in [5, 5.41) is 7.71. The molecular formula is C17H21N3O2. The van der Waals surface area contributed by atoms with Crippen molar-refractivity contribution in [3.63, 3.8) is 0 Å². The molecule has 2 aromatic rings. The van der Waals surface area contributed by atoms with Gasteiger partial charge in [0.05, 0.1) is 0 Å². The third kappa shape index (κ3) is 3.18. The van der Waals surface area contributed by atoms with Crippen LogP contribution in [0.3, 0.4) is 0 Å². The summed E-state index contributed by atoms with van der Waals surface area (Å²) in [7, 11) is 1.90. The molecule has 0 fully saturated rings. The van der Waals surface area contributed by atoms with Crippen molar-refractivity contribution in [2.24, 2.45) is 0 Å². The molecule has 22 heavy (non-hydrogen) atoms. The minimum Gasteiger partial charge on any atom is -0.426 e. The Hall–Kier alpha value is -2.17. The average Bonchev–Trinajstić information content (AvgIpc) is 2.97. The van der Waals surface area contributed by atoms with Crippen molar-refractivity contribution in [2.75, 3.05) is 7.05 Å². The smallest absolute Gasteiger partial charge is 0.223 e. The molecule has 0 aliphatic heterocycles. The lowest BCUT2D eigenvalue weighted by Crippen LogP contribution is -2.40. The second kappa shape index (κ2) is 6.30. The summed E-state index contributed by atoms with van der Waals surface area (Å²) in [6.07, 6.45) is 3.93. The van der Waals surface area contributed by atoms with E-state index in [0.29, 0.717) is 24.6 Å². The van der Waals surface area contributed by atoms with Gasteiger partial charge in [-0.25, -0.2) is 0 Å². The fourth-order valence-corrected chi connectivity index (χ4v) is 3.04. The van der Waals surface area contributed by atoms with Crippen LogP contribution < -0.4 is 0 Å². The Morgan fingerprint density at radius 2 is 2.09 bits per heavy atom. The summed E-state index contributed by atoms with van der Waals surface area (Å²) >= 11 is 0. The van der Waals surface area contributed by atoms with E-state index in [1.807, 2.05) is 11.9 Å². The fourth-order valence-electron chi connectivity index (χ4n) is 3.04. The van der Waals surface area contributed by atoms with Gasteiger partial charge in [-0.1, -0.05) is 24.3 Å². The third-order valence-corrected chi connectivity index (χ3v) is 4.38. The number of likely N-dealkylation sites (N-methyl/N-ethyl adjacent to an activating group) is 1. The van der Waals surface area contributed by atoms with Crippen molar-refractivity contribution < 1.29 is 9.21 Å². The van der Waals surface area contributed by atoms with Crippen LogP contribution >= 0.6 is 0 Å². The molecule has 116 valence electrons. The molecule has 0 saturated carbocycles. The maximum atomic E-state index is 12.4. The van der Waals surface area contributed by atoms with E-state index in [1.54, 1.807) is 6.92 Å². The predicted molar refractivity (Wildman–Crippen MR) is 82.4 cm³/mol. The number of aryl methyl sites for hydroxylation is 3. The van der Waals surface area contributed by atoms with E-state index in [1.165, 1.54) is 11.1 Å². The molecular weight excluding hydrogens is 278 g/mol. The van der Waals surface area contributed by atoms with Gasteiger partial charge in [0, 0.05) is 32.9 Å². The normalized spacial score (nSPS) is 17.1. The van der Waals surface area contributed by atoms with E-state index in [9.17, 15) is 4.79 Å². The summed E-state index contributed by atoms with van der Waals surface area (Å²) in [5.41, 5.74) is 2.78. The van der Waals surface area contributed by atoms with E-state index >= 15 is 0 Å². The first kappa shape index (κ1) is 14.8. The van der Waals surface area contributed by atoms with Gasteiger partial charge >= 0.3 is 0 Å². The maximum absolute atomic E-state index is 12.4. The highest BCUT2D eigenvalue weighted by molar-refractivity contribution is 5.76. The van der Waals surface area contributed by atoms with Gasteiger partial charge in [-0.15, -0.1) is 10.2 Å². The molecule has 1 aromatic heterocycles. The highest BCUT2D eigenvalue weighted by Crippen LogP contribution is 2.24. The Bertz CT molecular complexity index is 665. The summed E-state index contributed by atoms with van der Waals surface area (Å²) in [4.78, 5) is 14.3. The predicted octanol–water partition coefficient (Wildman–Crippen LogP) is 2.33. The standard InChI is InChI=1S/C17H21N3O2/c1-12-18-19-16(22-12)9-10-17(21)20(2)15-8-7-13-5-3-4-6-14(13)11-15/h3-6,15H,7-11H2,1-2H3. The van der Waals surface area contributed by atoms with Gasteiger partial charge in [0.25, 0.3) is 0 Å². The summed E-state index contributed by atoms with van der Waals surface area (Å²) in [6.45, 7) is 1.75. The van der Waals surface area contributed by atoms with Crippen molar-refractivity contribution in [3.05, 3.63) is 47.2 Å². The van der Waals surface area contributed by atoms with E-state index in [-0.39, 0.29) is 11.9 Å². The van der Waals surface area contributed by atoms with Crippen LogP contribution in [-0.2, 0) is 24.1 Å². The zero-order chi connectivity index (χ0) is 15.5. The molecule has 0 spiro atoms. The van der Waals surface area contributed by atoms with E-state index < -0.39 is 0 Å². The van der Waals surface area contributed by atoms with Crippen LogP contribution in [0.4, 0.5) is 0 Å². The molecule has 1 aliphatic carbocycles. The maximum Gasteiger partial charge on any atom is 0.223 e. The number of aromatic nitrogens is 2. The molecule has 0 saturated heterocycles. The number of benzene rings is 1. The van der Waals surface area contributed by atoms with Crippen LogP contribution in [0.2, 0.25) is 0 Å². The van der Waals surface area contributed by atoms with Crippen molar-refractivity contribution in [3.8, 4) is 0 Å². The number of carbonyl (C=O) groups is 1. The molecule has 0 bridgehead atoms. The van der Waals surface area contributed by atoms with Gasteiger partial charge in [-0.3, -0.25) is 4.79 Å². The second-order valence-corrected chi connectivity index (χ2v) is 5.88. The van der Waals surface area contributed by atoms with Crippen molar-refractivity contribution in [1.82, 2.24) is 15.1 Å². The molecule has 0 radical (unpaired) electrons. The lowest BCUT2D eigenvalue weighted by atomic mass is 9.87. The average molecular weight is 299 g/mol. The van der Waals surface area contributed by atoms with Crippen molar-refractivity contribution in [1.29, 1.82) is 0 Å². The number of hydrogen-bond donors (Lipinski definition) is 0. The van der Waals surface area contributed by atoms with E-state index in [0.717, 1.165) is 19.3 Å². The van der Waals surface area contributed by atoms with Crippen LogP contribution in [0.15, 0.2) is 28.7 Å². The van der Waals surface area contributed by atoms with Gasteiger partial charge in [0.1, 0.15) is 0 Å². The quantitative estimate of drug-likeness (QED) is 0.869. The van der Waals surface area contributed by atoms with Crippen LogP contribution in [0.5, 0.6) is 0 Å². The van der Waals surface area contributed by atoms with Gasteiger partial charge < -0.3 is 9.32 Å². The number of rotatable bonds is 4. The fraction of sp³-hybridized carbons (Fsp3) is 0.471. The highest BCUT2D eigenvalue weighted by atomic mass is 16.4. The van der Waals surface area contributed by atoms with Gasteiger partial charge in [-0.2, -0.15) is 0 Å². The zero-order valence-corrected chi connectivity index (χ0v) is 13.1. The van der Waals surface area contributed by atoms with E-state index in [2.05, 4.69) is 34.5 Å². The largest absolute Gasteiger partial charge is 0.426 e. The number of hydrogen-bond acceptors (Lipinski definition) is 4. The van der Waals surface area contributed by atoms with Crippen molar-refractivity contribution in [2.45, 2.75) is 45.1 Å². The number of nitrogens with zero attached hydrogens (tertiary/aromatic N) is 3. The molecule has 0 N–H and O–H groups in total. The number of fused-ring (bicyclic) bond motifs is 1. The molecule has 1 aliphatic rings. The highest BCUT2D eigenvalue weighted by Gasteiger charge is 2.24. The first-order valence-electron chi connectivity index (χ1n) is 7.75. The Balaban J connectivity index is 1.57. The molecule has 1 atom stereocenters. The van der Waals surface area contributed by atoms with Crippen LogP contribution in [0.25, 0.3) is 0 Å². The lowest BCUT2D eigenvalue weighted by Gasteiger charge is -2.32. The second-order valence-electron chi connectivity index (χ2n) is 5.88. The van der Waals surface area contributed by atoms with Crippen LogP contribution in [-0.4, -0.2) is 34.1 Å². The molecule has 1 aromatic carbocycles. The topological polar surface area (TPSA) is 59.2 Å². The number of amides is 1. The monoisotopic (exact) mass is 299 g/mol. The minimum absolute atomic E-state index is 0.139. The molecule has 1 amide bonds. The Morgan fingerprint density at radius 3 is 2.82 bits per heavy atom. The molecule has 1 heterocycles. The van der Waals surface area contributed by atoms with Gasteiger partial charge in [-0.05, 0) is 30.4 Å². The minimum atomic E-state index is 0.139. The number of carbonyl (C=O) groups excluding carboxylic acids is 1. The Kier molecular flexibility index (Phi) is 4.22. The van der Waals surface area contributed by atoms with Crippen molar-refractivity contribution >= 4 is 5.91 Å². The summed E-state index contributed by atoms with van der Waals surface area (Å²) < 4.78 is 5.31. The molecule has 5 nitrogen and oxygen atoms in total. The molecule has 1 unspecified atom stereocenters. The van der Waals surface area contributed by atoms with Crippen LogP contribution in [0, 0.1) is 6.92 Å². The summed E-state index contributed by atoms with van der Waals surface area (Å²) in [5.74, 6) is 1.22. The Morgan fingerprint density at radius 1 is 1.32 bits per heavy atom. The SMILES string of the molecule is Cc1nnc(CCC(=O)N(C)C2CCc3ccccc3C2)o1. The van der Waals surface area contributed by atoms with Gasteiger partial charge in [0.2, 0.25) is 17.7 Å². The van der Waals surface area contributed by atoms with Crippen LogP contribution in [0.1, 0.15) is 35.7 Å². The molecule has 5 heteroatoms. The van der Waals surface area contributed by atoms with Gasteiger partial charge in [0.15, 0.2) is 0 Å². The lowest BCUT2D eigenvalue weighted by molar-refractivity contribution is -0.132.